The Kier molecular flexibility index (Phi) is 7.75. The van der Waals surface area contributed by atoms with Crippen LogP contribution < -0.4 is 4.74 Å². The van der Waals surface area contributed by atoms with Gasteiger partial charge in [0.25, 0.3) is 11.8 Å². The highest BCUT2D eigenvalue weighted by Gasteiger charge is 2.38. The molecule has 1 aromatic heterocycles. The fraction of sp³-hybridized carbons (Fsp3) is 0.118. The largest absolute Gasteiger partial charge is 0.490 e. The summed E-state index contributed by atoms with van der Waals surface area (Å²) in [7, 11) is 0. The second-order valence-corrected chi connectivity index (χ2v) is 9.57. The van der Waals surface area contributed by atoms with Crippen molar-refractivity contribution in [1.82, 2.24) is 14.7 Å². The molecule has 2 amide bonds. The van der Waals surface area contributed by atoms with Gasteiger partial charge in [-0.2, -0.15) is 10.4 Å². The molecule has 1 aliphatic heterocycles. The lowest BCUT2D eigenvalue weighted by Gasteiger charge is -2.32. The molecule has 4 aromatic rings. The Balaban J connectivity index is 1.64. The molecule has 5 rings (SSSR count). The molecule has 0 bridgehead atoms. The predicted molar refractivity (Wildman–Crippen MR) is 158 cm³/mol. The fourth-order valence-corrected chi connectivity index (χ4v) is 4.78. The van der Waals surface area contributed by atoms with Gasteiger partial charge in [-0.3, -0.25) is 14.5 Å². The van der Waals surface area contributed by atoms with Crippen LogP contribution in [-0.2, 0) is 9.59 Å². The van der Waals surface area contributed by atoms with Crippen LogP contribution in [0.2, 0.25) is 0 Å². The number of aromatic nitrogens is 2. The van der Waals surface area contributed by atoms with Crippen molar-refractivity contribution >= 4 is 17.9 Å². The maximum atomic E-state index is 13.9. The zero-order chi connectivity index (χ0) is 28.9. The van der Waals surface area contributed by atoms with Gasteiger partial charge >= 0.3 is 0 Å². The molecule has 7 heteroatoms. The van der Waals surface area contributed by atoms with Crippen LogP contribution in [0.1, 0.15) is 31.0 Å². The lowest BCUT2D eigenvalue weighted by atomic mass is 9.91. The van der Waals surface area contributed by atoms with Crippen LogP contribution in [0.5, 0.6) is 5.75 Å². The van der Waals surface area contributed by atoms with Crippen molar-refractivity contribution in [2.45, 2.75) is 19.9 Å². The fourth-order valence-electron chi connectivity index (χ4n) is 4.78. The van der Waals surface area contributed by atoms with E-state index >= 15 is 0 Å². The first-order valence-electron chi connectivity index (χ1n) is 13.2. The van der Waals surface area contributed by atoms with Gasteiger partial charge in [-0.15, -0.1) is 0 Å². The van der Waals surface area contributed by atoms with E-state index in [1.807, 2.05) is 97.2 Å². The zero-order valence-electron chi connectivity index (χ0n) is 22.8. The first-order chi connectivity index (χ1) is 19.9. The minimum Gasteiger partial charge on any atom is -0.490 e. The Morgan fingerprint density at radius 3 is 2.27 bits per heavy atom. The lowest BCUT2D eigenvalue weighted by Crippen LogP contribution is -2.44. The number of amides is 2. The first-order valence-corrected chi connectivity index (χ1v) is 13.2. The van der Waals surface area contributed by atoms with Crippen molar-refractivity contribution in [2.24, 2.45) is 0 Å². The van der Waals surface area contributed by atoms with E-state index in [0.717, 1.165) is 16.8 Å². The number of imide groups is 1. The van der Waals surface area contributed by atoms with Gasteiger partial charge in [0.1, 0.15) is 24.0 Å². The van der Waals surface area contributed by atoms with E-state index in [0.29, 0.717) is 29.2 Å². The summed E-state index contributed by atoms with van der Waals surface area (Å²) in [6.45, 7) is 7.50. The van der Waals surface area contributed by atoms with Crippen LogP contribution >= 0.6 is 0 Å². The third-order valence-electron chi connectivity index (χ3n) is 7.00. The summed E-state index contributed by atoms with van der Waals surface area (Å²) in [5.74, 6) is -0.367. The third kappa shape index (κ3) is 5.36. The van der Waals surface area contributed by atoms with Crippen LogP contribution in [-0.4, -0.2) is 33.1 Å². The number of carbonyl (C=O) groups is 2. The average Bonchev–Trinajstić information content (AvgIpc) is 3.43. The van der Waals surface area contributed by atoms with Crippen molar-refractivity contribution in [3.8, 4) is 28.8 Å². The number of nitrogens with zero attached hydrogens (tertiary/aromatic N) is 4. The standard InChI is InChI=1S/C34H28N4O3/c1-4-19-41-29-17-15-26(16-18-29)32-27(22-37(36-32)28-13-9-6-10-14-28)20-30-23(2)31(21-35)34(40)38(33(30)39)24(3)25-11-7-5-8-12-25/h4-18,20,22,24H,1,19H2,2-3H3/b30-20+. The Hall–Kier alpha value is -5.48. The number of nitriles is 1. The van der Waals surface area contributed by atoms with E-state index in [1.54, 1.807) is 30.7 Å². The molecular formula is C34H28N4O3. The Bertz CT molecular complexity index is 1710. The molecule has 2 heterocycles. The number of rotatable bonds is 8. The molecule has 0 radical (unpaired) electrons. The second-order valence-electron chi connectivity index (χ2n) is 9.57. The molecule has 1 unspecified atom stereocenters. The van der Waals surface area contributed by atoms with E-state index in [2.05, 4.69) is 6.58 Å². The number of hydrogen-bond donors (Lipinski definition) is 0. The van der Waals surface area contributed by atoms with Gasteiger partial charge in [0.2, 0.25) is 0 Å². The summed E-state index contributed by atoms with van der Waals surface area (Å²) < 4.78 is 7.38. The molecule has 0 saturated heterocycles. The quantitative estimate of drug-likeness (QED) is 0.145. The molecule has 3 aromatic carbocycles. The highest BCUT2D eigenvalue weighted by atomic mass is 16.5. The van der Waals surface area contributed by atoms with Crippen molar-refractivity contribution in [1.29, 1.82) is 5.26 Å². The summed E-state index contributed by atoms with van der Waals surface area (Å²) in [6, 6.07) is 27.9. The maximum absolute atomic E-state index is 13.9. The molecule has 0 saturated carbocycles. The van der Waals surface area contributed by atoms with E-state index in [-0.39, 0.29) is 11.1 Å². The Labute approximate surface area is 238 Å². The zero-order valence-corrected chi connectivity index (χ0v) is 22.8. The topological polar surface area (TPSA) is 88.2 Å². The van der Waals surface area contributed by atoms with Crippen molar-refractivity contribution in [3.63, 3.8) is 0 Å². The monoisotopic (exact) mass is 540 g/mol. The van der Waals surface area contributed by atoms with Crippen molar-refractivity contribution < 1.29 is 14.3 Å². The normalized spacial score (nSPS) is 15.1. The SMILES string of the molecule is C=CCOc1ccc(-c2nn(-c3ccccc3)cc2/C=C2/C(=O)N(C(C)c3ccccc3)C(=O)C(C#N)=C2C)cc1. The van der Waals surface area contributed by atoms with Crippen LogP contribution in [0.15, 0.2) is 121 Å². The van der Waals surface area contributed by atoms with Crippen LogP contribution in [0.4, 0.5) is 0 Å². The molecule has 1 atom stereocenters. The van der Waals surface area contributed by atoms with E-state index in [1.165, 1.54) is 4.90 Å². The van der Waals surface area contributed by atoms with Gasteiger partial charge in [-0.1, -0.05) is 61.2 Å². The van der Waals surface area contributed by atoms with Crippen LogP contribution in [0.25, 0.3) is 23.0 Å². The smallest absolute Gasteiger partial charge is 0.272 e. The van der Waals surface area contributed by atoms with Crippen LogP contribution in [0, 0.1) is 11.3 Å². The van der Waals surface area contributed by atoms with Crippen molar-refractivity contribution in [3.05, 3.63) is 132 Å². The summed E-state index contributed by atoms with van der Waals surface area (Å²) in [5.41, 5.74) is 4.30. The molecule has 1 aliphatic rings. The predicted octanol–water partition coefficient (Wildman–Crippen LogP) is 6.46. The number of para-hydroxylation sites is 1. The number of benzene rings is 3. The number of hydrogen-bond acceptors (Lipinski definition) is 5. The number of carbonyl (C=O) groups excluding carboxylic acids is 2. The minimum atomic E-state index is -0.598. The lowest BCUT2D eigenvalue weighted by molar-refractivity contribution is -0.143. The molecule has 202 valence electrons. The summed E-state index contributed by atoms with van der Waals surface area (Å²) in [4.78, 5) is 28.4. The minimum absolute atomic E-state index is 0.0562. The molecule has 0 N–H and O–H groups in total. The highest BCUT2D eigenvalue weighted by molar-refractivity contribution is 6.20. The van der Waals surface area contributed by atoms with Gasteiger partial charge in [0.05, 0.1) is 17.4 Å². The van der Waals surface area contributed by atoms with Gasteiger partial charge < -0.3 is 4.74 Å². The number of ether oxygens (including phenoxy) is 1. The molecule has 0 aliphatic carbocycles. The van der Waals surface area contributed by atoms with Gasteiger partial charge in [-0.25, -0.2) is 4.68 Å². The molecule has 7 nitrogen and oxygen atoms in total. The third-order valence-corrected chi connectivity index (χ3v) is 7.00. The molecular weight excluding hydrogens is 512 g/mol. The van der Waals surface area contributed by atoms with Gasteiger partial charge in [0, 0.05) is 22.9 Å². The van der Waals surface area contributed by atoms with Crippen molar-refractivity contribution in [2.75, 3.05) is 6.61 Å². The van der Waals surface area contributed by atoms with E-state index in [4.69, 9.17) is 9.84 Å². The summed E-state index contributed by atoms with van der Waals surface area (Å²) >= 11 is 0. The van der Waals surface area contributed by atoms with E-state index < -0.39 is 17.9 Å². The van der Waals surface area contributed by atoms with E-state index in [9.17, 15) is 14.9 Å². The van der Waals surface area contributed by atoms with Gasteiger partial charge in [0.15, 0.2) is 0 Å². The highest BCUT2D eigenvalue weighted by Crippen LogP contribution is 2.35. The summed E-state index contributed by atoms with van der Waals surface area (Å²) in [6.07, 6.45) is 5.24. The molecule has 0 spiro atoms. The average molecular weight is 541 g/mol. The Morgan fingerprint density at radius 2 is 1.63 bits per heavy atom. The maximum Gasteiger partial charge on any atom is 0.272 e. The first kappa shape index (κ1) is 27.1. The molecule has 0 fully saturated rings. The molecule has 41 heavy (non-hydrogen) atoms. The second kappa shape index (κ2) is 11.7. The van der Waals surface area contributed by atoms with Crippen LogP contribution in [0.3, 0.4) is 0 Å². The van der Waals surface area contributed by atoms with Gasteiger partial charge in [-0.05, 0) is 67.5 Å². The Morgan fingerprint density at radius 1 is 0.976 bits per heavy atom. The summed E-state index contributed by atoms with van der Waals surface area (Å²) in [5, 5.41) is 14.8.